The first-order valence-electron chi connectivity index (χ1n) is 5.12. The molecule has 2 unspecified atom stereocenters. The molecule has 1 aromatic rings. The minimum atomic E-state index is -1.30. The summed E-state index contributed by atoms with van der Waals surface area (Å²) in [6.07, 6.45) is -1.66. The zero-order valence-corrected chi connectivity index (χ0v) is 9.92. The van der Waals surface area contributed by atoms with Gasteiger partial charge in [0, 0.05) is 6.20 Å². The van der Waals surface area contributed by atoms with Crippen molar-refractivity contribution in [3.8, 4) is 0 Å². The maximum Gasteiger partial charge on any atom is 0.350 e. The number of halogens is 1. The van der Waals surface area contributed by atoms with Crippen molar-refractivity contribution in [2.45, 2.75) is 22.8 Å². The average Bonchev–Trinajstić information content (AvgIpc) is 2.61. The standard InChI is InChI=1S/C9H12FN3O4S/c10-3-1-13(9(17)12-7(3)11)8-6(16)5(15)4(2-14)18-8/h1,4-6,8,14-16H,2H2,(H2,11,12,17)/t4-,5?,6?,8-/m1/s1. The Morgan fingerprint density at radius 1 is 1.50 bits per heavy atom. The summed E-state index contributed by atoms with van der Waals surface area (Å²) >= 11 is 0.974. The summed E-state index contributed by atoms with van der Waals surface area (Å²) in [4.78, 5) is 14.8. The number of rotatable bonds is 2. The molecular weight excluding hydrogens is 265 g/mol. The van der Waals surface area contributed by atoms with Gasteiger partial charge in [-0.1, -0.05) is 0 Å². The predicted molar refractivity (Wildman–Crippen MR) is 62.4 cm³/mol. The molecule has 1 aliphatic heterocycles. The molecule has 0 aromatic carbocycles. The van der Waals surface area contributed by atoms with E-state index in [1.165, 1.54) is 0 Å². The lowest BCUT2D eigenvalue weighted by molar-refractivity contribution is 0.0100. The highest BCUT2D eigenvalue weighted by Gasteiger charge is 2.43. The lowest BCUT2D eigenvalue weighted by atomic mass is 10.1. The Morgan fingerprint density at radius 2 is 2.17 bits per heavy atom. The molecule has 0 saturated carbocycles. The van der Waals surface area contributed by atoms with E-state index in [2.05, 4.69) is 4.98 Å². The summed E-state index contributed by atoms with van der Waals surface area (Å²) < 4.78 is 14.1. The van der Waals surface area contributed by atoms with Gasteiger partial charge in [0.05, 0.1) is 18.0 Å². The third-order valence-corrected chi connectivity index (χ3v) is 4.29. The Hall–Kier alpha value is -1.16. The van der Waals surface area contributed by atoms with Gasteiger partial charge in [-0.2, -0.15) is 4.98 Å². The van der Waals surface area contributed by atoms with Gasteiger partial charge in [0.25, 0.3) is 0 Å². The Morgan fingerprint density at radius 3 is 2.72 bits per heavy atom. The summed E-state index contributed by atoms with van der Waals surface area (Å²) in [7, 11) is 0. The summed E-state index contributed by atoms with van der Waals surface area (Å²) in [5, 5.41) is 26.8. The van der Waals surface area contributed by atoms with Crippen LogP contribution in [0.4, 0.5) is 10.2 Å². The van der Waals surface area contributed by atoms with E-state index in [0.717, 1.165) is 22.5 Å². The van der Waals surface area contributed by atoms with Crippen LogP contribution in [0.25, 0.3) is 0 Å². The minimum absolute atomic E-state index is 0.362. The highest BCUT2D eigenvalue weighted by Crippen LogP contribution is 2.40. The topological polar surface area (TPSA) is 122 Å². The molecule has 9 heteroatoms. The molecule has 1 aliphatic rings. The van der Waals surface area contributed by atoms with E-state index in [0.29, 0.717) is 0 Å². The summed E-state index contributed by atoms with van der Waals surface area (Å²) in [6.45, 7) is -0.362. The molecule has 100 valence electrons. The fourth-order valence-electron chi connectivity index (χ4n) is 1.75. The Labute approximate surface area is 105 Å². The second-order valence-electron chi connectivity index (χ2n) is 3.89. The number of aromatic nitrogens is 2. The zero-order valence-electron chi connectivity index (χ0n) is 9.10. The summed E-state index contributed by atoms with van der Waals surface area (Å²) in [5.41, 5.74) is 4.32. The smallest absolute Gasteiger partial charge is 0.350 e. The van der Waals surface area contributed by atoms with Crippen molar-refractivity contribution in [3.63, 3.8) is 0 Å². The maximum absolute atomic E-state index is 13.3. The molecule has 5 N–H and O–H groups in total. The van der Waals surface area contributed by atoms with E-state index >= 15 is 0 Å². The van der Waals surface area contributed by atoms with E-state index in [4.69, 9.17) is 10.8 Å². The number of hydrogen-bond acceptors (Lipinski definition) is 7. The van der Waals surface area contributed by atoms with Crippen molar-refractivity contribution in [1.82, 2.24) is 9.55 Å². The number of hydrogen-bond donors (Lipinski definition) is 4. The highest BCUT2D eigenvalue weighted by molar-refractivity contribution is 8.00. The average molecular weight is 277 g/mol. The molecular formula is C9H12FN3O4S. The van der Waals surface area contributed by atoms with Gasteiger partial charge < -0.3 is 21.1 Å². The van der Waals surface area contributed by atoms with Gasteiger partial charge in [-0.05, 0) is 0 Å². The SMILES string of the molecule is Nc1nc(=O)n([C@@H]2S[C@H](CO)C(O)C2O)cc1F. The maximum atomic E-state index is 13.3. The molecule has 1 aromatic heterocycles. The fraction of sp³-hybridized carbons (Fsp3) is 0.556. The van der Waals surface area contributed by atoms with Crippen LogP contribution >= 0.6 is 11.8 Å². The molecule has 1 fully saturated rings. The van der Waals surface area contributed by atoms with Crippen LogP contribution < -0.4 is 11.4 Å². The number of nitrogens with zero attached hydrogens (tertiary/aromatic N) is 2. The Bertz CT molecular complexity index is 511. The van der Waals surface area contributed by atoms with Crippen molar-refractivity contribution < 1.29 is 19.7 Å². The van der Waals surface area contributed by atoms with E-state index in [-0.39, 0.29) is 6.61 Å². The molecule has 0 bridgehead atoms. The number of nitrogen functional groups attached to an aromatic ring is 1. The van der Waals surface area contributed by atoms with Gasteiger partial charge in [-0.25, -0.2) is 9.18 Å². The minimum Gasteiger partial charge on any atom is -0.395 e. The first-order valence-corrected chi connectivity index (χ1v) is 6.06. The van der Waals surface area contributed by atoms with Crippen molar-refractivity contribution in [2.75, 3.05) is 12.3 Å². The van der Waals surface area contributed by atoms with Crippen molar-refractivity contribution in [1.29, 1.82) is 0 Å². The molecule has 0 spiro atoms. The monoisotopic (exact) mass is 277 g/mol. The van der Waals surface area contributed by atoms with Crippen LogP contribution in [-0.2, 0) is 0 Å². The highest BCUT2D eigenvalue weighted by atomic mass is 32.2. The molecule has 4 atom stereocenters. The quantitative estimate of drug-likeness (QED) is 0.508. The van der Waals surface area contributed by atoms with Crippen LogP contribution in [0.1, 0.15) is 5.37 Å². The van der Waals surface area contributed by atoms with Crippen LogP contribution in [0.15, 0.2) is 11.0 Å². The lowest BCUT2D eigenvalue weighted by Gasteiger charge is -2.17. The van der Waals surface area contributed by atoms with Crippen molar-refractivity contribution in [3.05, 3.63) is 22.5 Å². The summed E-state index contributed by atoms with van der Waals surface area (Å²) in [6, 6.07) is 0. The molecule has 1 saturated heterocycles. The number of aliphatic hydroxyl groups is 3. The molecule has 2 rings (SSSR count). The van der Waals surface area contributed by atoms with Gasteiger partial charge in [0.1, 0.15) is 11.5 Å². The van der Waals surface area contributed by atoms with Gasteiger partial charge in [0.15, 0.2) is 11.6 Å². The van der Waals surface area contributed by atoms with Crippen LogP contribution in [0, 0.1) is 5.82 Å². The number of nitrogens with two attached hydrogens (primary N) is 1. The third kappa shape index (κ3) is 2.09. The van der Waals surface area contributed by atoms with Gasteiger partial charge >= 0.3 is 5.69 Å². The zero-order chi connectivity index (χ0) is 13.4. The van der Waals surface area contributed by atoms with Crippen LogP contribution in [0.5, 0.6) is 0 Å². The Kier molecular flexibility index (Phi) is 3.57. The fourth-order valence-corrected chi connectivity index (χ4v) is 3.12. The second kappa shape index (κ2) is 4.84. The first kappa shape index (κ1) is 13.3. The normalized spacial score (nSPS) is 31.8. The van der Waals surface area contributed by atoms with Crippen LogP contribution in [0.3, 0.4) is 0 Å². The van der Waals surface area contributed by atoms with Gasteiger partial charge in [-0.3, -0.25) is 4.57 Å². The van der Waals surface area contributed by atoms with Crippen molar-refractivity contribution in [2.24, 2.45) is 0 Å². The number of thioether (sulfide) groups is 1. The van der Waals surface area contributed by atoms with Crippen LogP contribution in [0.2, 0.25) is 0 Å². The first-order chi connectivity index (χ1) is 8.45. The Balaban J connectivity index is 2.39. The van der Waals surface area contributed by atoms with Gasteiger partial charge in [-0.15, -0.1) is 11.8 Å². The number of aliphatic hydroxyl groups excluding tert-OH is 3. The van der Waals surface area contributed by atoms with Crippen LogP contribution in [-0.4, -0.2) is 48.9 Å². The molecule has 0 radical (unpaired) electrons. The van der Waals surface area contributed by atoms with E-state index < -0.39 is 40.2 Å². The van der Waals surface area contributed by atoms with Gasteiger partial charge in [0.2, 0.25) is 0 Å². The third-order valence-electron chi connectivity index (χ3n) is 2.73. The molecule has 18 heavy (non-hydrogen) atoms. The molecule has 2 heterocycles. The molecule has 0 amide bonds. The predicted octanol–water partition coefficient (Wildman–Crippen LogP) is -1.71. The second-order valence-corrected chi connectivity index (χ2v) is 5.25. The van der Waals surface area contributed by atoms with Crippen molar-refractivity contribution >= 4 is 17.6 Å². The lowest BCUT2D eigenvalue weighted by Crippen LogP contribution is -2.36. The molecule has 7 nitrogen and oxygen atoms in total. The van der Waals surface area contributed by atoms with E-state index in [9.17, 15) is 19.4 Å². The molecule has 0 aliphatic carbocycles. The largest absolute Gasteiger partial charge is 0.395 e. The van der Waals surface area contributed by atoms with E-state index in [1.54, 1.807) is 0 Å². The van der Waals surface area contributed by atoms with E-state index in [1.807, 2.05) is 0 Å². The number of anilines is 1. The summed E-state index contributed by atoms with van der Waals surface area (Å²) in [5.74, 6) is -1.41.